The normalized spacial score (nSPS) is 10.2. The number of nitrogens with one attached hydrogen (secondary N) is 2. The summed E-state index contributed by atoms with van der Waals surface area (Å²) in [5, 5.41) is 13.6. The second kappa shape index (κ2) is 6.25. The van der Waals surface area contributed by atoms with Crippen molar-refractivity contribution >= 4 is 23.4 Å². The largest absolute Gasteiger partial charge is 0.367 e. The van der Waals surface area contributed by atoms with Crippen LogP contribution in [0.2, 0.25) is 0 Å². The first-order chi connectivity index (χ1) is 9.61. The van der Waals surface area contributed by atoms with E-state index < -0.39 is 10.8 Å². The van der Waals surface area contributed by atoms with Crippen molar-refractivity contribution in [1.29, 1.82) is 0 Å². The van der Waals surface area contributed by atoms with E-state index in [9.17, 15) is 14.9 Å². The van der Waals surface area contributed by atoms with E-state index in [1.54, 1.807) is 18.5 Å². The van der Waals surface area contributed by atoms with Crippen LogP contribution in [0.25, 0.3) is 0 Å². The van der Waals surface area contributed by atoms with Crippen molar-refractivity contribution in [3.63, 3.8) is 0 Å². The van der Waals surface area contributed by atoms with Crippen molar-refractivity contribution in [2.45, 2.75) is 11.4 Å². The van der Waals surface area contributed by atoms with Gasteiger partial charge in [-0.15, -0.1) is 11.8 Å². The number of rotatable bonds is 5. The third-order valence-corrected chi connectivity index (χ3v) is 3.49. The van der Waals surface area contributed by atoms with Crippen LogP contribution in [0, 0.1) is 10.1 Å². The quantitative estimate of drug-likeness (QED) is 0.503. The van der Waals surface area contributed by atoms with Crippen molar-refractivity contribution in [3.8, 4) is 0 Å². The van der Waals surface area contributed by atoms with Crippen LogP contribution in [-0.4, -0.2) is 22.1 Å². The van der Waals surface area contributed by atoms with Crippen LogP contribution < -0.4 is 5.32 Å². The van der Waals surface area contributed by atoms with Gasteiger partial charge < -0.3 is 10.3 Å². The third-order valence-electron chi connectivity index (χ3n) is 2.76. The number of nitro groups is 1. The maximum atomic E-state index is 12.1. The molecule has 7 heteroatoms. The average molecular weight is 291 g/mol. The van der Waals surface area contributed by atoms with Gasteiger partial charge in [0.1, 0.15) is 5.56 Å². The van der Waals surface area contributed by atoms with Gasteiger partial charge in [0.05, 0.1) is 4.92 Å². The Labute approximate surface area is 119 Å². The predicted octanol–water partition coefficient (Wildman–Crippen LogP) is 2.57. The molecule has 104 valence electrons. The summed E-state index contributed by atoms with van der Waals surface area (Å²) in [4.78, 5) is 26.2. The molecule has 0 aliphatic heterocycles. The summed E-state index contributed by atoms with van der Waals surface area (Å²) in [5.41, 5.74) is 0.800. The van der Waals surface area contributed by atoms with Gasteiger partial charge in [-0.2, -0.15) is 0 Å². The van der Waals surface area contributed by atoms with Crippen molar-refractivity contribution in [2.75, 3.05) is 6.26 Å². The molecular formula is C13H13N3O3S. The Balaban J connectivity index is 2.20. The van der Waals surface area contributed by atoms with Gasteiger partial charge >= 0.3 is 0 Å². The van der Waals surface area contributed by atoms with Crippen LogP contribution in [0.5, 0.6) is 0 Å². The molecule has 2 N–H and O–H groups in total. The molecule has 0 atom stereocenters. The smallest absolute Gasteiger partial charge is 0.282 e. The molecule has 20 heavy (non-hydrogen) atoms. The Morgan fingerprint density at radius 2 is 2.25 bits per heavy atom. The molecule has 1 amide bonds. The zero-order valence-corrected chi connectivity index (χ0v) is 11.6. The number of thioether (sulfide) groups is 1. The zero-order valence-electron chi connectivity index (χ0n) is 10.8. The highest BCUT2D eigenvalue weighted by Crippen LogP contribution is 2.24. The van der Waals surface area contributed by atoms with Gasteiger partial charge in [-0.1, -0.05) is 0 Å². The van der Waals surface area contributed by atoms with E-state index in [1.807, 2.05) is 12.3 Å². The zero-order chi connectivity index (χ0) is 14.5. The van der Waals surface area contributed by atoms with Crippen LogP contribution >= 0.6 is 11.8 Å². The molecular weight excluding hydrogens is 278 g/mol. The Hall–Kier alpha value is -2.28. The maximum absolute atomic E-state index is 12.1. The van der Waals surface area contributed by atoms with Crippen LogP contribution in [0.4, 0.5) is 5.69 Å². The lowest BCUT2D eigenvalue weighted by molar-refractivity contribution is -0.385. The van der Waals surface area contributed by atoms with Crippen molar-refractivity contribution in [1.82, 2.24) is 10.3 Å². The van der Waals surface area contributed by atoms with Gasteiger partial charge in [-0.05, 0) is 30.0 Å². The van der Waals surface area contributed by atoms with E-state index in [-0.39, 0.29) is 11.3 Å². The summed E-state index contributed by atoms with van der Waals surface area (Å²) >= 11 is 1.43. The minimum atomic E-state index is -0.546. The number of nitro benzene ring substituents is 1. The summed E-state index contributed by atoms with van der Waals surface area (Å²) in [7, 11) is 0. The summed E-state index contributed by atoms with van der Waals surface area (Å²) in [5.74, 6) is -0.450. The first-order valence-corrected chi connectivity index (χ1v) is 7.06. The molecule has 0 radical (unpaired) electrons. The molecule has 0 bridgehead atoms. The van der Waals surface area contributed by atoms with E-state index in [2.05, 4.69) is 10.3 Å². The fraction of sp³-hybridized carbons (Fsp3) is 0.154. The maximum Gasteiger partial charge on any atom is 0.282 e. The number of hydrogen-bond donors (Lipinski definition) is 2. The monoisotopic (exact) mass is 291 g/mol. The lowest BCUT2D eigenvalue weighted by atomic mass is 10.1. The second-order valence-corrected chi connectivity index (χ2v) is 4.92. The Kier molecular flexibility index (Phi) is 4.41. The van der Waals surface area contributed by atoms with E-state index in [1.165, 1.54) is 23.9 Å². The van der Waals surface area contributed by atoms with E-state index in [4.69, 9.17) is 0 Å². The molecule has 2 aromatic rings. The van der Waals surface area contributed by atoms with Crippen molar-refractivity contribution in [2.24, 2.45) is 0 Å². The van der Waals surface area contributed by atoms with E-state index in [0.29, 0.717) is 6.54 Å². The number of amides is 1. The Morgan fingerprint density at radius 1 is 1.45 bits per heavy atom. The summed E-state index contributed by atoms with van der Waals surface area (Å²) in [6.07, 6.45) is 5.36. The predicted molar refractivity (Wildman–Crippen MR) is 76.8 cm³/mol. The molecule has 2 rings (SSSR count). The molecule has 0 aliphatic rings. The van der Waals surface area contributed by atoms with Crippen molar-refractivity contribution < 1.29 is 9.72 Å². The topological polar surface area (TPSA) is 88.0 Å². The number of H-pyrrole nitrogens is 1. The standard InChI is InChI=1S/C13H13N3O3S/c1-20-10-2-3-12(16(18)19)11(6-10)13(17)15-8-9-4-5-14-7-9/h2-7,14H,8H2,1H3,(H,15,17). The molecule has 0 aliphatic carbocycles. The Morgan fingerprint density at radius 3 is 2.85 bits per heavy atom. The highest BCUT2D eigenvalue weighted by molar-refractivity contribution is 7.98. The number of aromatic amines is 1. The van der Waals surface area contributed by atoms with Gasteiger partial charge in [0.2, 0.25) is 0 Å². The molecule has 0 saturated heterocycles. The summed E-state index contributed by atoms with van der Waals surface area (Å²) in [6.45, 7) is 0.322. The van der Waals surface area contributed by atoms with Gasteiger partial charge in [0.25, 0.3) is 11.6 Å². The fourth-order valence-electron chi connectivity index (χ4n) is 1.73. The average Bonchev–Trinajstić information content (AvgIpc) is 2.97. The number of hydrogen-bond acceptors (Lipinski definition) is 4. The number of nitrogens with zero attached hydrogens (tertiary/aromatic N) is 1. The lowest BCUT2D eigenvalue weighted by Gasteiger charge is -2.06. The van der Waals surface area contributed by atoms with Crippen LogP contribution in [-0.2, 0) is 6.54 Å². The number of benzene rings is 1. The highest BCUT2D eigenvalue weighted by Gasteiger charge is 2.20. The first kappa shape index (κ1) is 14.1. The molecule has 1 heterocycles. The third kappa shape index (κ3) is 3.18. The summed E-state index contributed by atoms with van der Waals surface area (Å²) < 4.78 is 0. The van der Waals surface area contributed by atoms with Crippen LogP contribution in [0.15, 0.2) is 41.6 Å². The molecule has 1 aromatic heterocycles. The molecule has 0 saturated carbocycles. The second-order valence-electron chi connectivity index (χ2n) is 4.04. The minimum absolute atomic E-state index is 0.0809. The lowest BCUT2D eigenvalue weighted by Crippen LogP contribution is -2.23. The molecule has 6 nitrogen and oxygen atoms in total. The first-order valence-electron chi connectivity index (χ1n) is 5.84. The number of carbonyl (C=O) groups is 1. The van der Waals surface area contributed by atoms with Gasteiger partial charge in [-0.3, -0.25) is 14.9 Å². The molecule has 0 unspecified atom stereocenters. The number of aromatic nitrogens is 1. The summed E-state index contributed by atoms with van der Waals surface area (Å²) in [6, 6.07) is 6.35. The molecule has 0 fully saturated rings. The van der Waals surface area contributed by atoms with Crippen LogP contribution in [0.3, 0.4) is 0 Å². The molecule has 0 spiro atoms. The number of carbonyl (C=O) groups excluding carboxylic acids is 1. The molecule has 1 aromatic carbocycles. The van der Waals surface area contributed by atoms with E-state index >= 15 is 0 Å². The minimum Gasteiger partial charge on any atom is -0.367 e. The fourth-order valence-corrected chi connectivity index (χ4v) is 2.17. The van der Waals surface area contributed by atoms with Gasteiger partial charge in [0.15, 0.2) is 0 Å². The highest BCUT2D eigenvalue weighted by atomic mass is 32.2. The van der Waals surface area contributed by atoms with Gasteiger partial charge in [-0.25, -0.2) is 0 Å². The van der Waals surface area contributed by atoms with Crippen molar-refractivity contribution in [3.05, 3.63) is 57.9 Å². The van der Waals surface area contributed by atoms with Gasteiger partial charge in [0, 0.05) is 29.9 Å². The van der Waals surface area contributed by atoms with Crippen LogP contribution in [0.1, 0.15) is 15.9 Å². The Bertz CT molecular complexity index is 626. The van der Waals surface area contributed by atoms with E-state index in [0.717, 1.165) is 10.5 Å². The SMILES string of the molecule is CSc1ccc([N+](=O)[O-])c(C(=O)NCc2cc[nH]c2)c1.